The van der Waals surface area contributed by atoms with Crippen LogP contribution in [0.4, 0.5) is 0 Å². The first-order valence-corrected chi connectivity index (χ1v) is 8.35. The van der Waals surface area contributed by atoms with Crippen LogP contribution in [-0.2, 0) is 0 Å². The summed E-state index contributed by atoms with van der Waals surface area (Å²) in [4.78, 5) is 14.4. The minimum absolute atomic E-state index is 0.135. The standard InChI is InChI=1S/C20H23NO4/c1-15-6-5-7-16(12-15)25-14-20(23)10-11-21(13-20)19(22)17-8-3-4-9-18(17)24-2/h3-9,12,23H,10-11,13-14H2,1-2H3. The van der Waals surface area contributed by atoms with Crippen LogP contribution in [0.2, 0.25) is 0 Å². The maximum Gasteiger partial charge on any atom is 0.257 e. The number of rotatable bonds is 5. The Balaban J connectivity index is 1.65. The van der Waals surface area contributed by atoms with E-state index in [9.17, 15) is 9.90 Å². The number of benzene rings is 2. The summed E-state index contributed by atoms with van der Waals surface area (Å²) in [6, 6.07) is 14.8. The van der Waals surface area contributed by atoms with E-state index in [4.69, 9.17) is 9.47 Å². The fourth-order valence-corrected chi connectivity index (χ4v) is 3.06. The van der Waals surface area contributed by atoms with E-state index in [0.29, 0.717) is 24.3 Å². The van der Waals surface area contributed by atoms with Crippen LogP contribution in [0.25, 0.3) is 0 Å². The number of amides is 1. The summed E-state index contributed by atoms with van der Waals surface area (Å²) in [5, 5.41) is 10.8. The first-order valence-electron chi connectivity index (χ1n) is 8.35. The molecule has 5 heteroatoms. The van der Waals surface area contributed by atoms with Crippen LogP contribution in [0, 0.1) is 6.92 Å². The van der Waals surface area contributed by atoms with Crippen LogP contribution < -0.4 is 9.47 Å². The molecule has 1 heterocycles. The Morgan fingerprint density at radius 2 is 2.04 bits per heavy atom. The van der Waals surface area contributed by atoms with E-state index in [-0.39, 0.29) is 19.1 Å². The molecule has 3 rings (SSSR count). The lowest BCUT2D eigenvalue weighted by Crippen LogP contribution is -2.40. The SMILES string of the molecule is COc1ccccc1C(=O)N1CCC(O)(COc2cccc(C)c2)C1. The first-order chi connectivity index (χ1) is 12.0. The normalized spacial score (nSPS) is 19.7. The molecule has 1 aliphatic rings. The lowest BCUT2D eigenvalue weighted by atomic mass is 10.1. The van der Waals surface area contributed by atoms with Gasteiger partial charge in [0, 0.05) is 6.54 Å². The number of aliphatic hydroxyl groups is 1. The summed E-state index contributed by atoms with van der Waals surface area (Å²) >= 11 is 0. The molecule has 2 aromatic rings. The smallest absolute Gasteiger partial charge is 0.257 e. The van der Waals surface area contributed by atoms with Gasteiger partial charge in [-0.05, 0) is 43.2 Å². The molecule has 1 aliphatic heterocycles. The van der Waals surface area contributed by atoms with Crippen LogP contribution >= 0.6 is 0 Å². The zero-order chi connectivity index (χ0) is 17.9. The van der Waals surface area contributed by atoms with Crippen molar-refractivity contribution in [3.05, 3.63) is 59.7 Å². The van der Waals surface area contributed by atoms with Crippen LogP contribution in [-0.4, -0.2) is 48.3 Å². The monoisotopic (exact) mass is 341 g/mol. The van der Waals surface area contributed by atoms with Crippen LogP contribution in [0.3, 0.4) is 0 Å². The zero-order valence-corrected chi connectivity index (χ0v) is 14.6. The Morgan fingerprint density at radius 1 is 1.24 bits per heavy atom. The number of β-amino-alcohol motifs (C(OH)–C–C–N with tert-alkyl or cyclic N) is 1. The molecular weight excluding hydrogens is 318 g/mol. The summed E-state index contributed by atoms with van der Waals surface area (Å²) in [7, 11) is 1.54. The number of aryl methyl sites for hydroxylation is 1. The van der Waals surface area contributed by atoms with Crippen LogP contribution in [0.1, 0.15) is 22.3 Å². The Hall–Kier alpha value is -2.53. The quantitative estimate of drug-likeness (QED) is 0.908. The maximum atomic E-state index is 12.7. The van der Waals surface area contributed by atoms with E-state index in [0.717, 1.165) is 11.3 Å². The van der Waals surface area contributed by atoms with Gasteiger partial charge in [0.05, 0.1) is 19.2 Å². The highest BCUT2D eigenvalue weighted by Gasteiger charge is 2.39. The molecule has 1 unspecified atom stereocenters. The van der Waals surface area contributed by atoms with Gasteiger partial charge in [-0.15, -0.1) is 0 Å². The highest BCUT2D eigenvalue weighted by Crippen LogP contribution is 2.27. The molecule has 5 nitrogen and oxygen atoms in total. The van der Waals surface area contributed by atoms with Crippen molar-refractivity contribution >= 4 is 5.91 Å². The van der Waals surface area contributed by atoms with Gasteiger partial charge >= 0.3 is 0 Å². The van der Waals surface area contributed by atoms with Crippen molar-refractivity contribution in [2.45, 2.75) is 18.9 Å². The first kappa shape index (κ1) is 17.3. The number of methoxy groups -OCH3 is 1. The number of para-hydroxylation sites is 1. The number of carbonyl (C=O) groups is 1. The second-order valence-corrected chi connectivity index (χ2v) is 6.51. The largest absolute Gasteiger partial charge is 0.496 e. The molecular formula is C20H23NO4. The topological polar surface area (TPSA) is 59.0 Å². The van der Waals surface area contributed by atoms with Crippen LogP contribution in [0.15, 0.2) is 48.5 Å². The van der Waals surface area contributed by atoms with E-state index in [2.05, 4.69) is 0 Å². The molecule has 0 aromatic heterocycles. The van der Waals surface area contributed by atoms with Gasteiger partial charge in [-0.1, -0.05) is 24.3 Å². The van der Waals surface area contributed by atoms with Crippen molar-refractivity contribution in [1.29, 1.82) is 0 Å². The Bertz CT molecular complexity index is 761. The van der Waals surface area contributed by atoms with Crippen molar-refractivity contribution < 1.29 is 19.4 Å². The Kier molecular flexibility index (Phi) is 4.95. The van der Waals surface area contributed by atoms with Crippen LogP contribution in [0.5, 0.6) is 11.5 Å². The predicted octanol–water partition coefficient (Wildman–Crippen LogP) is 2.66. The summed E-state index contributed by atoms with van der Waals surface area (Å²) in [6.45, 7) is 2.89. The van der Waals surface area contributed by atoms with E-state index >= 15 is 0 Å². The highest BCUT2D eigenvalue weighted by atomic mass is 16.5. The molecule has 25 heavy (non-hydrogen) atoms. The van der Waals surface area contributed by atoms with E-state index < -0.39 is 5.60 Å². The third-order valence-corrected chi connectivity index (χ3v) is 4.45. The average Bonchev–Trinajstić information content (AvgIpc) is 3.02. The number of hydrogen-bond acceptors (Lipinski definition) is 4. The highest BCUT2D eigenvalue weighted by molar-refractivity contribution is 5.97. The summed E-state index contributed by atoms with van der Waals surface area (Å²) < 4.78 is 11.0. The molecule has 1 atom stereocenters. The fourth-order valence-electron chi connectivity index (χ4n) is 3.06. The number of hydrogen-bond donors (Lipinski definition) is 1. The van der Waals surface area contributed by atoms with E-state index in [1.807, 2.05) is 37.3 Å². The lowest BCUT2D eigenvalue weighted by Gasteiger charge is -2.24. The maximum absolute atomic E-state index is 12.7. The molecule has 2 aromatic carbocycles. The van der Waals surface area contributed by atoms with Gasteiger partial charge in [-0.2, -0.15) is 0 Å². The molecule has 0 spiro atoms. The summed E-state index contributed by atoms with van der Waals surface area (Å²) in [6.07, 6.45) is 0.486. The Morgan fingerprint density at radius 3 is 2.80 bits per heavy atom. The molecule has 1 saturated heterocycles. The van der Waals surface area contributed by atoms with Gasteiger partial charge in [0.25, 0.3) is 5.91 Å². The van der Waals surface area contributed by atoms with Crippen molar-refractivity contribution in [3.63, 3.8) is 0 Å². The van der Waals surface area contributed by atoms with Gasteiger partial charge in [0.1, 0.15) is 23.7 Å². The molecule has 0 bridgehead atoms. The number of ether oxygens (including phenoxy) is 2. The number of carbonyl (C=O) groups excluding carboxylic acids is 1. The van der Waals surface area contributed by atoms with Gasteiger partial charge in [0.2, 0.25) is 0 Å². The van der Waals surface area contributed by atoms with Gasteiger partial charge in [-0.3, -0.25) is 4.79 Å². The van der Waals surface area contributed by atoms with Crippen molar-refractivity contribution in [2.75, 3.05) is 26.8 Å². The molecule has 1 amide bonds. The van der Waals surface area contributed by atoms with Gasteiger partial charge in [-0.25, -0.2) is 0 Å². The molecule has 0 saturated carbocycles. The summed E-state index contributed by atoms with van der Waals surface area (Å²) in [5.41, 5.74) is 0.569. The fraction of sp³-hybridized carbons (Fsp3) is 0.350. The summed E-state index contributed by atoms with van der Waals surface area (Å²) in [5.74, 6) is 1.13. The molecule has 1 fully saturated rings. The second-order valence-electron chi connectivity index (χ2n) is 6.51. The minimum Gasteiger partial charge on any atom is -0.496 e. The molecule has 132 valence electrons. The van der Waals surface area contributed by atoms with Crippen molar-refractivity contribution in [3.8, 4) is 11.5 Å². The molecule has 0 aliphatic carbocycles. The van der Waals surface area contributed by atoms with Gasteiger partial charge in [0.15, 0.2) is 0 Å². The number of likely N-dealkylation sites (tertiary alicyclic amines) is 1. The van der Waals surface area contributed by atoms with Crippen molar-refractivity contribution in [2.24, 2.45) is 0 Å². The third-order valence-electron chi connectivity index (χ3n) is 4.45. The van der Waals surface area contributed by atoms with Crippen molar-refractivity contribution in [1.82, 2.24) is 4.90 Å². The van der Waals surface area contributed by atoms with E-state index in [1.165, 1.54) is 0 Å². The number of nitrogens with zero attached hydrogens (tertiary/aromatic N) is 1. The molecule has 0 radical (unpaired) electrons. The van der Waals surface area contributed by atoms with E-state index in [1.54, 1.807) is 30.2 Å². The average molecular weight is 341 g/mol. The Labute approximate surface area is 147 Å². The van der Waals surface area contributed by atoms with Gasteiger partial charge < -0.3 is 19.5 Å². The molecule has 1 N–H and O–H groups in total. The minimum atomic E-state index is -1.04. The lowest BCUT2D eigenvalue weighted by molar-refractivity contribution is 0.00426. The third kappa shape index (κ3) is 3.94. The zero-order valence-electron chi connectivity index (χ0n) is 14.6. The second kappa shape index (κ2) is 7.15. The predicted molar refractivity (Wildman–Crippen MR) is 95.1 cm³/mol.